The molecule has 0 aliphatic heterocycles. The van der Waals surface area contributed by atoms with Gasteiger partial charge in [0.2, 0.25) is 5.91 Å². The average Bonchev–Trinajstić information content (AvgIpc) is 2.44. The minimum absolute atomic E-state index is 0.116. The van der Waals surface area contributed by atoms with Crippen LogP contribution in [0.1, 0.15) is 29.6 Å². The first-order valence-corrected chi connectivity index (χ1v) is 7.22. The van der Waals surface area contributed by atoms with Crippen LogP contribution in [0.4, 0.5) is 0 Å². The molecule has 1 aromatic carbocycles. The zero-order chi connectivity index (χ0) is 16.7. The number of primary amides is 1. The first-order valence-electron chi connectivity index (χ1n) is 6.47. The maximum atomic E-state index is 12.2. The van der Waals surface area contributed by atoms with Gasteiger partial charge in [-0.05, 0) is 31.0 Å². The Morgan fingerprint density at radius 2 is 2.00 bits per heavy atom. The van der Waals surface area contributed by atoms with E-state index in [1.165, 1.54) is 25.3 Å². The van der Waals surface area contributed by atoms with Crippen LogP contribution in [0.5, 0.6) is 0 Å². The van der Waals surface area contributed by atoms with Crippen molar-refractivity contribution in [3.63, 3.8) is 0 Å². The van der Waals surface area contributed by atoms with Crippen LogP contribution >= 0.6 is 23.2 Å². The summed E-state index contributed by atoms with van der Waals surface area (Å²) >= 11 is 11.7. The number of hydrogen-bond donors (Lipinski definition) is 2. The molecule has 1 rings (SSSR count). The predicted octanol–water partition coefficient (Wildman–Crippen LogP) is 1.92. The topological polar surface area (TPSA) is 98.5 Å². The van der Waals surface area contributed by atoms with E-state index in [0.29, 0.717) is 11.4 Å². The number of rotatable bonds is 7. The molecule has 0 aliphatic carbocycles. The lowest BCUT2D eigenvalue weighted by Gasteiger charge is -2.16. The van der Waals surface area contributed by atoms with Gasteiger partial charge < -0.3 is 15.8 Å². The molecule has 0 heterocycles. The number of amides is 2. The van der Waals surface area contributed by atoms with Crippen molar-refractivity contribution in [1.29, 1.82) is 0 Å². The van der Waals surface area contributed by atoms with Crippen LogP contribution in [0.15, 0.2) is 18.2 Å². The second-order valence-electron chi connectivity index (χ2n) is 4.53. The van der Waals surface area contributed by atoms with Crippen molar-refractivity contribution >= 4 is 41.0 Å². The number of nitrogens with two attached hydrogens (primary N) is 1. The predicted molar refractivity (Wildman–Crippen MR) is 82.8 cm³/mol. The number of esters is 1. The Hall–Kier alpha value is -1.79. The van der Waals surface area contributed by atoms with Gasteiger partial charge in [-0.15, -0.1) is 0 Å². The van der Waals surface area contributed by atoms with Gasteiger partial charge in [0.15, 0.2) is 0 Å². The largest absolute Gasteiger partial charge is 0.467 e. The standard InChI is InChI=1S/C14H16Cl2N2O4/c1-22-14(21)11(3-2-4-12(17)19)18-13(20)9-6-5-8(15)7-10(9)16/h5-7,11H,2-4H2,1H3,(H2,17,19)(H,18,20). The molecule has 0 radical (unpaired) electrons. The molecule has 0 aromatic heterocycles. The summed E-state index contributed by atoms with van der Waals surface area (Å²) in [6.45, 7) is 0. The van der Waals surface area contributed by atoms with Crippen LogP contribution in [-0.4, -0.2) is 30.9 Å². The van der Waals surface area contributed by atoms with Gasteiger partial charge >= 0.3 is 5.97 Å². The minimum atomic E-state index is -0.886. The summed E-state index contributed by atoms with van der Waals surface area (Å²) in [5.74, 6) is -1.62. The van der Waals surface area contributed by atoms with Crippen LogP contribution < -0.4 is 11.1 Å². The number of benzene rings is 1. The fourth-order valence-corrected chi connectivity index (χ4v) is 2.28. The normalized spacial score (nSPS) is 11.6. The summed E-state index contributed by atoms with van der Waals surface area (Å²) < 4.78 is 4.63. The van der Waals surface area contributed by atoms with E-state index in [2.05, 4.69) is 10.1 Å². The molecule has 0 fully saturated rings. The second-order valence-corrected chi connectivity index (χ2v) is 5.38. The molecule has 1 unspecified atom stereocenters. The maximum Gasteiger partial charge on any atom is 0.328 e. The lowest BCUT2D eigenvalue weighted by atomic mass is 10.1. The molecule has 22 heavy (non-hydrogen) atoms. The highest BCUT2D eigenvalue weighted by atomic mass is 35.5. The summed E-state index contributed by atoms with van der Waals surface area (Å²) in [4.78, 5) is 34.6. The number of ether oxygens (including phenoxy) is 1. The Kier molecular flexibility index (Phi) is 7.14. The van der Waals surface area contributed by atoms with Gasteiger partial charge in [0.1, 0.15) is 6.04 Å². The summed E-state index contributed by atoms with van der Waals surface area (Å²) in [5.41, 5.74) is 5.23. The van der Waals surface area contributed by atoms with Crippen molar-refractivity contribution in [3.05, 3.63) is 33.8 Å². The lowest BCUT2D eigenvalue weighted by molar-refractivity contribution is -0.143. The van der Waals surface area contributed by atoms with Crippen LogP contribution in [0, 0.1) is 0 Å². The highest BCUT2D eigenvalue weighted by molar-refractivity contribution is 6.36. The molecule has 0 spiro atoms. The Morgan fingerprint density at radius 1 is 1.32 bits per heavy atom. The van der Waals surface area contributed by atoms with E-state index >= 15 is 0 Å². The fourth-order valence-electron chi connectivity index (χ4n) is 1.78. The molecule has 0 aliphatic rings. The summed E-state index contributed by atoms with van der Waals surface area (Å²) in [5, 5.41) is 3.09. The van der Waals surface area contributed by atoms with Gasteiger partial charge in [0, 0.05) is 11.4 Å². The highest BCUT2D eigenvalue weighted by Crippen LogP contribution is 2.21. The van der Waals surface area contributed by atoms with E-state index in [0.717, 1.165) is 0 Å². The molecule has 1 aromatic rings. The van der Waals surface area contributed by atoms with Gasteiger partial charge in [-0.2, -0.15) is 0 Å². The van der Waals surface area contributed by atoms with Crippen molar-refractivity contribution in [2.75, 3.05) is 7.11 Å². The van der Waals surface area contributed by atoms with Crippen LogP contribution in [0.25, 0.3) is 0 Å². The monoisotopic (exact) mass is 346 g/mol. The van der Waals surface area contributed by atoms with Crippen LogP contribution in [0.2, 0.25) is 10.0 Å². The number of hydrogen-bond acceptors (Lipinski definition) is 4. The first kappa shape index (κ1) is 18.3. The van der Waals surface area contributed by atoms with Crippen molar-refractivity contribution in [2.24, 2.45) is 5.73 Å². The molecule has 6 nitrogen and oxygen atoms in total. The number of nitrogens with one attached hydrogen (secondary N) is 1. The van der Waals surface area contributed by atoms with Gasteiger partial charge in [-0.1, -0.05) is 23.2 Å². The third kappa shape index (κ3) is 5.54. The van der Waals surface area contributed by atoms with E-state index in [9.17, 15) is 14.4 Å². The number of methoxy groups -OCH3 is 1. The van der Waals surface area contributed by atoms with Gasteiger partial charge in [-0.3, -0.25) is 9.59 Å². The third-order valence-electron chi connectivity index (χ3n) is 2.88. The lowest BCUT2D eigenvalue weighted by Crippen LogP contribution is -2.41. The Labute approximate surface area is 137 Å². The first-order chi connectivity index (χ1) is 10.3. The van der Waals surface area contributed by atoms with Gasteiger partial charge in [0.25, 0.3) is 5.91 Å². The highest BCUT2D eigenvalue weighted by Gasteiger charge is 2.23. The summed E-state index contributed by atoms with van der Waals surface area (Å²) in [6.07, 6.45) is 0.696. The zero-order valence-corrected chi connectivity index (χ0v) is 13.4. The Balaban J connectivity index is 2.77. The minimum Gasteiger partial charge on any atom is -0.467 e. The summed E-state index contributed by atoms with van der Waals surface area (Å²) in [7, 11) is 1.21. The van der Waals surface area contributed by atoms with Crippen molar-refractivity contribution in [3.8, 4) is 0 Å². The zero-order valence-electron chi connectivity index (χ0n) is 11.9. The second kappa shape index (κ2) is 8.60. The molecule has 120 valence electrons. The number of carbonyl (C=O) groups excluding carboxylic acids is 3. The molecule has 3 N–H and O–H groups in total. The quantitative estimate of drug-likeness (QED) is 0.736. The maximum absolute atomic E-state index is 12.2. The Bertz CT molecular complexity index is 578. The van der Waals surface area contributed by atoms with E-state index in [-0.39, 0.29) is 23.4 Å². The number of carbonyl (C=O) groups is 3. The van der Waals surface area contributed by atoms with E-state index in [4.69, 9.17) is 28.9 Å². The average molecular weight is 347 g/mol. The smallest absolute Gasteiger partial charge is 0.328 e. The molecule has 1 atom stereocenters. The van der Waals surface area contributed by atoms with Crippen LogP contribution in [0.3, 0.4) is 0 Å². The third-order valence-corrected chi connectivity index (χ3v) is 3.43. The molecular weight excluding hydrogens is 331 g/mol. The van der Waals surface area contributed by atoms with Gasteiger partial charge in [-0.25, -0.2) is 4.79 Å². The molecular formula is C14H16Cl2N2O4. The van der Waals surface area contributed by atoms with Crippen molar-refractivity contribution in [2.45, 2.75) is 25.3 Å². The molecule has 0 bridgehead atoms. The summed E-state index contributed by atoms with van der Waals surface area (Å²) in [6, 6.07) is 3.52. The van der Waals surface area contributed by atoms with Crippen molar-refractivity contribution in [1.82, 2.24) is 5.32 Å². The van der Waals surface area contributed by atoms with E-state index in [1.807, 2.05) is 0 Å². The van der Waals surface area contributed by atoms with Gasteiger partial charge in [0.05, 0.1) is 17.7 Å². The Morgan fingerprint density at radius 3 is 2.55 bits per heavy atom. The number of halogens is 2. The van der Waals surface area contributed by atoms with Crippen molar-refractivity contribution < 1.29 is 19.1 Å². The molecule has 0 saturated heterocycles. The molecule has 0 saturated carbocycles. The van der Waals surface area contributed by atoms with E-state index in [1.54, 1.807) is 0 Å². The fraction of sp³-hybridized carbons (Fsp3) is 0.357. The SMILES string of the molecule is COC(=O)C(CCCC(N)=O)NC(=O)c1ccc(Cl)cc1Cl. The van der Waals surface area contributed by atoms with Crippen LogP contribution in [-0.2, 0) is 14.3 Å². The molecule has 2 amide bonds. The molecule has 8 heteroatoms. The van der Waals surface area contributed by atoms with E-state index < -0.39 is 23.8 Å².